The zero-order valence-corrected chi connectivity index (χ0v) is 13.6. The van der Waals surface area contributed by atoms with Crippen molar-refractivity contribution in [1.82, 2.24) is 10.2 Å². The maximum Gasteiger partial charge on any atom is 0.409 e. The van der Waals surface area contributed by atoms with Gasteiger partial charge in [-0.25, -0.2) is 4.79 Å². The number of nitrogens with zero attached hydrogens (tertiary/aromatic N) is 1. The Kier molecular flexibility index (Phi) is 9.98. The minimum Gasteiger partial charge on any atom is -0.480 e. The van der Waals surface area contributed by atoms with E-state index in [0.717, 1.165) is 5.56 Å². The third kappa shape index (κ3) is 7.28. The SMILES string of the molecule is CN[C@@H](CCCN(C)C(=O)OCc1ccccc1)C(=O)O.Cl. The van der Waals surface area contributed by atoms with Crippen LogP contribution in [0.5, 0.6) is 0 Å². The largest absolute Gasteiger partial charge is 0.480 e. The fourth-order valence-corrected chi connectivity index (χ4v) is 1.84. The number of carbonyl (C=O) groups excluding carboxylic acids is 1. The number of nitrogens with one attached hydrogen (secondary N) is 1. The molecule has 0 fully saturated rings. The van der Waals surface area contributed by atoms with E-state index in [2.05, 4.69) is 5.32 Å². The topological polar surface area (TPSA) is 78.9 Å². The lowest BCUT2D eigenvalue weighted by Gasteiger charge is -2.18. The summed E-state index contributed by atoms with van der Waals surface area (Å²) in [4.78, 5) is 24.1. The number of carbonyl (C=O) groups is 2. The Morgan fingerprint density at radius 3 is 2.50 bits per heavy atom. The summed E-state index contributed by atoms with van der Waals surface area (Å²) < 4.78 is 5.18. The summed E-state index contributed by atoms with van der Waals surface area (Å²) in [6, 6.07) is 8.86. The van der Waals surface area contributed by atoms with Crippen LogP contribution >= 0.6 is 12.4 Å². The highest BCUT2D eigenvalue weighted by atomic mass is 35.5. The highest BCUT2D eigenvalue weighted by Gasteiger charge is 2.16. The molecule has 0 bridgehead atoms. The first-order valence-electron chi connectivity index (χ1n) is 6.86. The van der Waals surface area contributed by atoms with E-state index in [0.29, 0.717) is 19.4 Å². The molecule has 0 unspecified atom stereocenters. The van der Waals surface area contributed by atoms with E-state index >= 15 is 0 Å². The minimum absolute atomic E-state index is 0. The van der Waals surface area contributed by atoms with Gasteiger partial charge >= 0.3 is 12.1 Å². The molecule has 0 aliphatic rings. The van der Waals surface area contributed by atoms with Gasteiger partial charge in [-0.2, -0.15) is 0 Å². The van der Waals surface area contributed by atoms with Gasteiger partial charge in [0.1, 0.15) is 12.6 Å². The Morgan fingerprint density at radius 2 is 1.95 bits per heavy atom. The zero-order valence-electron chi connectivity index (χ0n) is 12.8. The number of carboxylic acids is 1. The average molecular weight is 331 g/mol. The van der Waals surface area contributed by atoms with Crippen molar-refractivity contribution in [3.8, 4) is 0 Å². The highest BCUT2D eigenvalue weighted by molar-refractivity contribution is 5.85. The van der Waals surface area contributed by atoms with Gasteiger partial charge < -0.3 is 20.1 Å². The Bertz CT molecular complexity index is 456. The molecule has 0 saturated carbocycles. The first-order valence-corrected chi connectivity index (χ1v) is 6.86. The van der Waals surface area contributed by atoms with Crippen LogP contribution in [0, 0.1) is 0 Å². The molecule has 22 heavy (non-hydrogen) atoms. The fourth-order valence-electron chi connectivity index (χ4n) is 1.84. The molecular formula is C15H23ClN2O4. The number of hydrogen-bond acceptors (Lipinski definition) is 4. The number of hydrogen-bond donors (Lipinski definition) is 2. The number of carboxylic acid groups (broad SMARTS) is 1. The summed E-state index contributed by atoms with van der Waals surface area (Å²) in [5, 5.41) is 11.6. The second-order valence-corrected chi connectivity index (χ2v) is 4.78. The van der Waals surface area contributed by atoms with Crippen molar-refractivity contribution in [2.75, 3.05) is 20.6 Å². The molecule has 0 aromatic heterocycles. The number of aliphatic carboxylic acids is 1. The standard InChI is InChI=1S/C15H22N2O4.ClH/c1-16-13(14(18)19)9-6-10-17(2)15(20)21-11-12-7-4-3-5-8-12;/h3-5,7-8,13,16H,6,9-11H2,1-2H3,(H,18,19);1H/t13-;/m0./s1. The summed E-state index contributed by atoms with van der Waals surface area (Å²) in [6.45, 7) is 0.692. The van der Waals surface area contributed by atoms with E-state index in [-0.39, 0.29) is 19.0 Å². The zero-order chi connectivity index (χ0) is 15.7. The van der Waals surface area contributed by atoms with E-state index in [1.54, 1.807) is 14.1 Å². The van der Waals surface area contributed by atoms with Crippen molar-refractivity contribution < 1.29 is 19.4 Å². The van der Waals surface area contributed by atoms with Gasteiger partial charge in [0.2, 0.25) is 0 Å². The smallest absolute Gasteiger partial charge is 0.409 e. The van der Waals surface area contributed by atoms with Crippen LogP contribution in [0.25, 0.3) is 0 Å². The van der Waals surface area contributed by atoms with Gasteiger partial charge in [0.15, 0.2) is 0 Å². The maximum absolute atomic E-state index is 11.8. The lowest BCUT2D eigenvalue weighted by Crippen LogP contribution is -2.35. The molecule has 124 valence electrons. The molecule has 0 saturated heterocycles. The van der Waals surface area contributed by atoms with Crippen LogP contribution in [0.2, 0.25) is 0 Å². The molecule has 2 N–H and O–H groups in total. The molecule has 6 nitrogen and oxygen atoms in total. The summed E-state index contributed by atoms with van der Waals surface area (Å²) >= 11 is 0. The lowest BCUT2D eigenvalue weighted by molar-refractivity contribution is -0.139. The molecule has 7 heteroatoms. The van der Waals surface area contributed by atoms with Gasteiger partial charge in [-0.1, -0.05) is 30.3 Å². The van der Waals surface area contributed by atoms with Crippen LogP contribution < -0.4 is 5.32 Å². The number of halogens is 1. The first kappa shape index (κ1) is 20.2. The number of benzene rings is 1. The molecule has 0 radical (unpaired) electrons. The quantitative estimate of drug-likeness (QED) is 0.763. The second-order valence-electron chi connectivity index (χ2n) is 4.78. The van der Waals surface area contributed by atoms with E-state index in [1.807, 2.05) is 30.3 Å². The number of ether oxygens (including phenoxy) is 1. The predicted octanol–water partition coefficient (Wildman–Crippen LogP) is 2.13. The van der Waals surface area contributed by atoms with E-state index in [1.165, 1.54) is 4.90 Å². The van der Waals surface area contributed by atoms with Crippen molar-refractivity contribution in [2.24, 2.45) is 0 Å². The number of likely N-dealkylation sites (N-methyl/N-ethyl adjacent to an activating group) is 1. The summed E-state index contributed by atoms with van der Waals surface area (Å²) in [6.07, 6.45) is 0.645. The highest BCUT2D eigenvalue weighted by Crippen LogP contribution is 2.04. The molecule has 1 aromatic carbocycles. The van der Waals surface area contributed by atoms with Gasteiger partial charge in [0, 0.05) is 13.6 Å². The summed E-state index contributed by atoms with van der Waals surface area (Å²) in [5.74, 6) is -0.883. The normalized spacial score (nSPS) is 11.2. The predicted molar refractivity (Wildman–Crippen MR) is 86.2 cm³/mol. The fraction of sp³-hybridized carbons (Fsp3) is 0.467. The summed E-state index contributed by atoms with van der Waals surface area (Å²) in [7, 11) is 3.25. The number of rotatable bonds is 8. The first-order chi connectivity index (χ1) is 10.0. The van der Waals surface area contributed by atoms with Gasteiger partial charge in [-0.3, -0.25) is 4.79 Å². The van der Waals surface area contributed by atoms with Crippen molar-refractivity contribution >= 4 is 24.5 Å². The monoisotopic (exact) mass is 330 g/mol. The molecule has 1 atom stereocenters. The van der Waals surface area contributed by atoms with Crippen LogP contribution in [0.3, 0.4) is 0 Å². The Hall–Kier alpha value is -1.79. The molecule has 0 heterocycles. The molecule has 1 aromatic rings. The van der Waals surface area contributed by atoms with Crippen LogP contribution in [0.1, 0.15) is 18.4 Å². The molecule has 0 aliphatic carbocycles. The summed E-state index contributed by atoms with van der Waals surface area (Å²) in [5.41, 5.74) is 0.931. The third-order valence-corrected chi connectivity index (χ3v) is 3.15. The minimum atomic E-state index is -0.883. The van der Waals surface area contributed by atoms with Crippen molar-refractivity contribution in [1.29, 1.82) is 0 Å². The molecule has 0 aliphatic heterocycles. The lowest BCUT2D eigenvalue weighted by atomic mass is 10.1. The van der Waals surface area contributed by atoms with Crippen molar-refractivity contribution in [3.63, 3.8) is 0 Å². The van der Waals surface area contributed by atoms with Crippen LogP contribution in [0.4, 0.5) is 4.79 Å². The molecular weight excluding hydrogens is 308 g/mol. The van der Waals surface area contributed by atoms with Crippen LogP contribution in [-0.2, 0) is 16.1 Å². The van der Waals surface area contributed by atoms with Crippen molar-refractivity contribution in [3.05, 3.63) is 35.9 Å². The third-order valence-electron chi connectivity index (χ3n) is 3.15. The Morgan fingerprint density at radius 1 is 1.32 bits per heavy atom. The molecule has 0 spiro atoms. The van der Waals surface area contributed by atoms with E-state index in [9.17, 15) is 9.59 Å². The Labute approximate surface area is 136 Å². The van der Waals surface area contributed by atoms with Gasteiger partial charge in [0.25, 0.3) is 0 Å². The van der Waals surface area contributed by atoms with E-state index in [4.69, 9.17) is 9.84 Å². The molecule has 1 amide bonds. The van der Waals surface area contributed by atoms with E-state index < -0.39 is 18.1 Å². The van der Waals surface area contributed by atoms with Crippen molar-refractivity contribution in [2.45, 2.75) is 25.5 Å². The average Bonchev–Trinajstić information content (AvgIpc) is 2.49. The molecule has 1 rings (SSSR count). The van der Waals surface area contributed by atoms with Gasteiger partial charge in [-0.15, -0.1) is 12.4 Å². The Balaban J connectivity index is 0.00000441. The number of amides is 1. The van der Waals surface area contributed by atoms with Crippen LogP contribution in [0.15, 0.2) is 30.3 Å². The van der Waals surface area contributed by atoms with Crippen LogP contribution in [-0.4, -0.2) is 48.8 Å². The second kappa shape index (κ2) is 10.9. The van der Waals surface area contributed by atoms with Gasteiger partial charge in [-0.05, 0) is 25.5 Å². The van der Waals surface area contributed by atoms with Gasteiger partial charge in [0.05, 0.1) is 0 Å². The maximum atomic E-state index is 11.8.